The normalized spacial score (nSPS) is 33.2. The average molecular weight is 366 g/mol. The molecule has 1 saturated heterocycles. The molecule has 1 aliphatic heterocycles. The number of carbonyl (C=O) groups excluding carboxylic acids is 1. The van der Waals surface area contributed by atoms with Gasteiger partial charge in [0, 0.05) is 18.6 Å². The second kappa shape index (κ2) is 8.70. The first-order valence-corrected chi connectivity index (χ1v) is 10.4. The van der Waals surface area contributed by atoms with Crippen molar-refractivity contribution < 1.29 is 14.7 Å². The fourth-order valence-corrected chi connectivity index (χ4v) is 5.60. The Morgan fingerprint density at radius 3 is 2.65 bits per heavy atom. The van der Waals surface area contributed by atoms with Gasteiger partial charge in [-0.1, -0.05) is 6.42 Å². The van der Waals surface area contributed by atoms with Crippen LogP contribution in [-0.2, 0) is 9.59 Å². The van der Waals surface area contributed by atoms with Gasteiger partial charge in [-0.3, -0.25) is 19.4 Å². The molecule has 0 spiro atoms. The third-order valence-electron chi connectivity index (χ3n) is 6.99. The SMILES string of the molecule is CC(NC(=O)CN1CCCC(N(C)CC(=O)O)CC1)C1CC2CCC1C2. The number of hydrogen-bond donors (Lipinski definition) is 2. The smallest absolute Gasteiger partial charge is 0.317 e. The predicted molar refractivity (Wildman–Crippen MR) is 101 cm³/mol. The van der Waals surface area contributed by atoms with Crippen LogP contribution in [0.1, 0.15) is 51.9 Å². The van der Waals surface area contributed by atoms with Crippen molar-refractivity contribution in [3.05, 3.63) is 0 Å². The molecule has 5 atom stereocenters. The van der Waals surface area contributed by atoms with Gasteiger partial charge in [0.1, 0.15) is 0 Å². The monoisotopic (exact) mass is 365 g/mol. The number of nitrogens with one attached hydrogen (secondary N) is 1. The number of likely N-dealkylation sites (tertiary alicyclic amines) is 1. The lowest BCUT2D eigenvalue weighted by molar-refractivity contribution is -0.138. The summed E-state index contributed by atoms with van der Waals surface area (Å²) < 4.78 is 0. The van der Waals surface area contributed by atoms with E-state index in [4.69, 9.17) is 5.11 Å². The Morgan fingerprint density at radius 1 is 1.19 bits per heavy atom. The van der Waals surface area contributed by atoms with Crippen LogP contribution in [0, 0.1) is 17.8 Å². The fraction of sp³-hybridized carbons (Fsp3) is 0.900. The Kier molecular flexibility index (Phi) is 6.56. The lowest BCUT2D eigenvalue weighted by atomic mass is 9.84. The summed E-state index contributed by atoms with van der Waals surface area (Å²) in [5.41, 5.74) is 0. The maximum absolute atomic E-state index is 12.5. The van der Waals surface area contributed by atoms with Crippen molar-refractivity contribution in [3.63, 3.8) is 0 Å². The maximum atomic E-state index is 12.5. The standard InChI is InChI=1S/C20H35N3O3/c1-14(18-11-15-5-6-16(18)10-15)21-19(24)12-23-8-3-4-17(7-9-23)22(2)13-20(25)26/h14-18H,3-13H2,1-2H3,(H,21,24)(H,25,26). The van der Waals surface area contributed by atoms with Gasteiger partial charge < -0.3 is 10.4 Å². The molecule has 3 aliphatic rings. The summed E-state index contributed by atoms with van der Waals surface area (Å²) in [4.78, 5) is 27.6. The van der Waals surface area contributed by atoms with Crippen LogP contribution < -0.4 is 5.32 Å². The van der Waals surface area contributed by atoms with Gasteiger partial charge in [0.15, 0.2) is 0 Å². The fourth-order valence-electron chi connectivity index (χ4n) is 5.60. The van der Waals surface area contributed by atoms with E-state index in [1.807, 2.05) is 11.9 Å². The summed E-state index contributed by atoms with van der Waals surface area (Å²) in [6, 6.07) is 0.589. The summed E-state index contributed by atoms with van der Waals surface area (Å²) in [7, 11) is 1.89. The molecule has 2 bridgehead atoms. The molecule has 3 fully saturated rings. The van der Waals surface area contributed by atoms with Crippen LogP contribution in [0.5, 0.6) is 0 Å². The largest absolute Gasteiger partial charge is 0.480 e. The molecule has 0 aromatic heterocycles. The van der Waals surface area contributed by atoms with E-state index in [0.29, 0.717) is 24.5 Å². The molecule has 2 N–H and O–H groups in total. The maximum Gasteiger partial charge on any atom is 0.317 e. The summed E-state index contributed by atoms with van der Waals surface area (Å²) in [6.07, 6.45) is 8.38. The van der Waals surface area contributed by atoms with Gasteiger partial charge in [-0.2, -0.15) is 0 Å². The topological polar surface area (TPSA) is 72.9 Å². The number of carboxylic acid groups (broad SMARTS) is 1. The molecular weight excluding hydrogens is 330 g/mol. The van der Waals surface area contributed by atoms with Gasteiger partial charge in [0.2, 0.25) is 5.91 Å². The van der Waals surface area contributed by atoms with E-state index in [2.05, 4.69) is 17.1 Å². The van der Waals surface area contributed by atoms with E-state index >= 15 is 0 Å². The molecule has 0 aromatic rings. The number of hydrogen-bond acceptors (Lipinski definition) is 4. The molecule has 2 aliphatic carbocycles. The van der Waals surface area contributed by atoms with E-state index in [-0.39, 0.29) is 12.5 Å². The van der Waals surface area contributed by atoms with Crippen molar-refractivity contribution in [3.8, 4) is 0 Å². The molecule has 6 heteroatoms. The van der Waals surface area contributed by atoms with E-state index in [1.165, 1.54) is 25.7 Å². The molecular formula is C20H35N3O3. The Balaban J connectivity index is 1.41. The molecule has 1 amide bonds. The van der Waals surface area contributed by atoms with Gasteiger partial charge in [0.05, 0.1) is 13.1 Å². The van der Waals surface area contributed by atoms with E-state index in [0.717, 1.165) is 44.2 Å². The number of fused-ring (bicyclic) bond motifs is 2. The molecule has 0 radical (unpaired) electrons. The third-order valence-corrected chi connectivity index (χ3v) is 6.99. The zero-order valence-corrected chi connectivity index (χ0v) is 16.3. The Labute approximate surface area is 157 Å². The van der Waals surface area contributed by atoms with Gasteiger partial charge in [-0.15, -0.1) is 0 Å². The zero-order valence-electron chi connectivity index (χ0n) is 16.3. The molecule has 0 aromatic carbocycles. The minimum atomic E-state index is -0.775. The number of likely N-dealkylation sites (N-methyl/N-ethyl adjacent to an activating group) is 1. The number of carboxylic acids is 1. The predicted octanol–water partition coefficient (Wildman–Crippen LogP) is 1.80. The Morgan fingerprint density at radius 2 is 2.00 bits per heavy atom. The average Bonchev–Trinajstić information content (AvgIpc) is 3.12. The Hall–Kier alpha value is -1.14. The van der Waals surface area contributed by atoms with Crippen molar-refractivity contribution in [1.29, 1.82) is 0 Å². The highest BCUT2D eigenvalue weighted by atomic mass is 16.4. The first-order chi connectivity index (χ1) is 12.4. The number of aliphatic carboxylic acids is 1. The molecule has 3 rings (SSSR count). The first-order valence-electron chi connectivity index (χ1n) is 10.4. The number of amides is 1. The molecule has 6 nitrogen and oxygen atoms in total. The Bertz CT molecular complexity index is 513. The van der Waals surface area contributed by atoms with Crippen molar-refractivity contribution in [2.24, 2.45) is 17.8 Å². The molecule has 2 saturated carbocycles. The summed E-state index contributed by atoms with van der Waals surface area (Å²) in [6.45, 7) is 4.53. The van der Waals surface area contributed by atoms with Crippen LogP contribution in [0.3, 0.4) is 0 Å². The van der Waals surface area contributed by atoms with Crippen molar-refractivity contribution in [1.82, 2.24) is 15.1 Å². The lowest BCUT2D eigenvalue weighted by Crippen LogP contribution is -2.45. The second-order valence-corrected chi connectivity index (χ2v) is 8.86. The summed E-state index contributed by atoms with van der Waals surface area (Å²) in [5, 5.41) is 12.2. The van der Waals surface area contributed by atoms with E-state index in [9.17, 15) is 9.59 Å². The minimum absolute atomic E-state index is 0.0895. The summed E-state index contributed by atoms with van der Waals surface area (Å²) >= 11 is 0. The third kappa shape index (κ3) is 4.97. The van der Waals surface area contributed by atoms with Crippen LogP contribution >= 0.6 is 0 Å². The van der Waals surface area contributed by atoms with E-state index < -0.39 is 5.97 Å². The van der Waals surface area contributed by atoms with Gasteiger partial charge in [0.25, 0.3) is 0 Å². The van der Waals surface area contributed by atoms with Gasteiger partial charge in [-0.05, 0) is 76.8 Å². The van der Waals surface area contributed by atoms with Gasteiger partial charge in [-0.25, -0.2) is 0 Å². The highest BCUT2D eigenvalue weighted by molar-refractivity contribution is 5.78. The number of rotatable bonds is 7. The van der Waals surface area contributed by atoms with Gasteiger partial charge >= 0.3 is 5.97 Å². The van der Waals surface area contributed by atoms with Crippen molar-refractivity contribution >= 4 is 11.9 Å². The highest BCUT2D eigenvalue weighted by Crippen LogP contribution is 2.49. The van der Waals surface area contributed by atoms with E-state index in [1.54, 1.807) is 0 Å². The highest BCUT2D eigenvalue weighted by Gasteiger charge is 2.42. The minimum Gasteiger partial charge on any atom is -0.480 e. The zero-order chi connectivity index (χ0) is 18.7. The molecule has 148 valence electrons. The molecule has 26 heavy (non-hydrogen) atoms. The van der Waals surface area contributed by atoms with Crippen LogP contribution in [-0.4, -0.2) is 72.1 Å². The van der Waals surface area contributed by atoms with Crippen LogP contribution in [0.2, 0.25) is 0 Å². The number of nitrogens with zero attached hydrogens (tertiary/aromatic N) is 2. The first kappa shape index (κ1) is 19.6. The van der Waals surface area contributed by atoms with Crippen LogP contribution in [0.25, 0.3) is 0 Å². The molecule has 1 heterocycles. The second-order valence-electron chi connectivity index (χ2n) is 8.86. The number of carbonyl (C=O) groups is 2. The lowest BCUT2D eigenvalue weighted by Gasteiger charge is -2.29. The summed E-state index contributed by atoms with van der Waals surface area (Å²) in [5.74, 6) is 1.80. The van der Waals surface area contributed by atoms with Crippen LogP contribution in [0.4, 0.5) is 0 Å². The van der Waals surface area contributed by atoms with Crippen molar-refractivity contribution in [2.45, 2.75) is 64.0 Å². The quantitative estimate of drug-likeness (QED) is 0.720. The molecule has 5 unspecified atom stereocenters. The van der Waals surface area contributed by atoms with Crippen molar-refractivity contribution in [2.75, 3.05) is 33.2 Å². The van der Waals surface area contributed by atoms with Crippen LogP contribution in [0.15, 0.2) is 0 Å².